The molecule has 0 aliphatic carbocycles. The molecule has 1 heterocycles. The molecule has 0 radical (unpaired) electrons. The predicted molar refractivity (Wildman–Crippen MR) is 88.8 cm³/mol. The Kier molecular flexibility index (Phi) is 3.82. The summed E-state index contributed by atoms with van der Waals surface area (Å²) in [5, 5.41) is 11.6. The van der Waals surface area contributed by atoms with Crippen LogP contribution in [0.3, 0.4) is 0 Å². The monoisotopic (exact) mass is 319 g/mol. The van der Waals surface area contributed by atoms with Gasteiger partial charge in [0.1, 0.15) is 5.54 Å². The van der Waals surface area contributed by atoms with Crippen molar-refractivity contribution in [2.75, 3.05) is 0 Å². The van der Waals surface area contributed by atoms with Gasteiger partial charge in [-0.25, -0.2) is 4.79 Å². The molecule has 2 aromatic rings. The Labute approximate surface area is 140 Å². The van der Waals surface area contributed by atoms with Crippen molar-refractivity contribution in [3.63, 3.8) is 0 Å². The molecule has 120 valence electrons. The van der Waals surface area contributed by atoms with Gasteiger partial charge in [0.2, 0.25) is 0 Å². The number of carbonyl (C=O) groups is 2. The SMILES string of the molecule is Cc1ccc([C@@]2(C)NC(=O)N(Cc3ccc(C#N)cc3)C2=O)cc1. The number of benzene rings is 2. The number of nitriles is 1. The number of hydrogen-bond donors (Lipinski definition) is 1. The Morgan fingerprint density at radius 1 is 1.08 bits per heavy atom. The largest absolute Gasteiger partial charge is 0.325 e. The van der Waals surface area contributed by atoms with Crippen LogP contribution in [-0.4, -0.2) is 16.8 Å². The van der Waals surface area contributed by atoms with Crippen LogP contribution >= 0.6 is 0 Å². The number of hydrogen-bond acceptors (Lipinski definition) is 3. The van der Waals surface area contributed by atoms with Gasteiger partial charge in [-0.3, -0.25) is 9.69 Å². The van der Waals surface area contributed by atoms with Crippen molar-refractivity contribution >= 4 is 11.9 Å². The predicted octanol–water partition coefficient (Wildman–Crippen LogP) is 2.83. The third-order valence-corrected chi connectivity index (χ3v) is 4.33. The highest BCUT2D eigenvalue weighted by Crippen LogP contribution is 2.30. The van der Waals surface area contributed by atoms with E-state index < -0.39 is 11.6 Å². The van der Waals surface area contributed by atoms with Crippen molar-refractivity contribution in [3.05, 3.63) is 70.8 Å². The van der Waals surface area contributed by atoms with Crippen LogP contribution < -0.4 is 5.32 Å². The summed E-state index contributed by atoms with van der Waals surface area (Å²) in [6.45, 7) is 3.87. The third kappa shape index (κ3) is 2.63. The van der Waals surface area contributed by atoms with Crippen molar-refractivity contribution in [1.29, 1.82) is 5.26 Å². The van der Waals surface area contributed by atoms with Crippen molar-refractivity contribution in [2.24, 2.45) is 0 Å². The van der Waals surface area contributed by atoms with Crippen LogP contribution in [0.2, 0.25) is 0 Å². The maximum atomic E-state index is 12.8. The van der Waals surface area contributed by atoms with Crippen LogP contribution in [0.1, 0.15) is 29.2 Å². The van der Waals surface area contributed by atoms with E-state index >= 15 is 0 Å². The van der Waals surface area contributed by atoms with E-state index in [2.05, 4.69) is 5.32 Å². The lowest BCUT2D eigenvalue weighted by Crippen LogP contribution is -2.40. The molecule has 1 atom stereocenters. The first kappa shape index (κ1) is 15.8. The fourth-order valence-corrected chi connectivity index (χ4v) is 2.79. The van der Waals surface area contributed by atoms with Gasteiger partial charge in [0, 0.05) is 0 Å². The zero-order valence-corrected chi connectivity index (χ0v) is 13.5. The van der Waals surface area contributed by atoms with Gasteiger partial charge in [0.15, 0.2) is 0 Å². The van der Waals surface area contributed by atoms with Crippen molar-refractivity contribution < 1.29 is 9.59 Å². The first-order valence-corrected chi connectivity index (χ1v) is 7.64. The molecule has 0 aromatic heterocycles. The number of rotatable bonds is 3. The normalized spacial score (nSPS) is 20.0. The van der Waals surface area contributed by atoms with E-state index in [-0.39, 0.29) is 12.5 Å². The average molecular weight is 319 g/mol. The van der Waals surface area contributed by atoms with Crippen LogP contribution in [0.25, 0.3) is 0 Å². The maximum absolute atomic E-state index is 12.8. The molecule has 0 bridgehead atoms. The van der Waals surface area contributed by atoms with E-state index in [0.717, 1.165) is 16.7 Å². The van der Waals surface area contributed by atoms with Crippen LogP contribution in [0.4, 0.5) is 4.79 Å². The highest BCUT2D eigenvalue weighted by Gasteiger charge is 2.48. The first-order valence-electron chi connectivity index (χ1n) is 7.64. The number of carbonyl (C=O) groups excluding carboxylic acids is 2. The summed E-state index contributed by atoms with van der Waals surface area (Å²) in [6, 6.07) is 16.0. The van der Waals surface area contributed by atoms with Crippen LogP contribution in [0, 0.1) is 18.3 Å². The fourth-order valence-electron chi connectivity index (χ4n) is 2.79. The molecule has 1 fully saturated rings. The van der Waals surface area contributed by atoms with Crippen LogP contribution in [0.15, 0.2) is 48.5 Å². The highest BCUT2D eigenvalue weighted by molar-refractivity contribution is 6.07. The number of nitrogens with one attached hydrogen (secondary N) is 1. The summed E-state index contributed by atoms with van der Waals surface area (Å²) < 4.78 is 0. The lowest BCUT2D eigenvalue weighted by atomic mass is 9.91. The Morgan fingerprint density at radius 2 is 1.71 bits per heavy atom. The molecular formula is C19H17N3O2. The third-order valence-electron chi connectivity index (χ3n) is 4.33. The van der Waals surface area contributed by atoms with E-state index in [1.807, 2.05) is 37.3 Å². The number of urea groups is 1. The Hall–Kier alpha value is -3.13. The molecule has 2 aromatic carbocycles. The Bertz CT molecular complexity index is 834. The number of nitrogens with zero attached hydrogens (tertiary/aromatic N) is 2. The zero-order chi connectivity index (χ0) is 17.3. The van der Waals surface area contributed by atoms with Crippen molar-refractivity contribution in [3.8, 4) is 6.07 Å². The summed E-state index contributed by atoms with van der Waals surface area (Å²) in [7, 11) is 0. The molecular weight excluding hydrogens is 302 g/mol. The average Bonchev–Trinajstić information content (AvgIpc) is 2.80. The van der Waals surface area contributed by atoms with E-state index in [0.29, 0.717) is 5.56 Å². The van der Waals surface area contributed by atoms with Gasteiger partial charge in [-0.05, 0) is 37.1 Å². The molecule has 1 N–H and O–H groups in total. The van der Waals surface area contributed by atoms with Crippen LogP contribution in [0.5, 0.6) is 0 Å². The number of imide groups is 1. The van der Waals surface area contributed by atoms with Gasteiger partial charge in [0.05, 0.1) is 18.2 Å². The second-order valence-corrected chi connectivity index (χ2v) is 6.12. The van der Waals surface area contributed by atoms with E-state index in [9.17, 15) is 9.59 Å². The van der Waals surface area contributed by atoms with E-state index in [4.69, 9.17) is 5.26 Å². The van der Waals surface area contributed by atoms with Crippen LogP contribution in [-0.2, 0) is 16.9 Å². The molecule has 3 rings (SSSR count). The lowest BCUT2D eigenvalue weighted by Gasteiger charge is -2.22. The molecule has 0 unspecified atom stereocenters. The van der Waals surface area contributed by atoms with E-state index in [1.54, 1.807) is 31.2 Å². The molecule has 1 saturated heterocycles. The second kappa shape index (κ2) is 5.82. The summed E-state index contributed by atoms with van der Waals surface area (Å²) in [4.78, 5) is 26.4. The topological polar surface area (TPSA) is 73.2 Å². The molecule has 0 spiro atoms. The molecule has 5 heteroatoms. The summed E-state index contributed by atoms with van der Waals surface area (Å²) >= 11 is 0. The van der Waals surface area contributed by atoms with Gasteiger partial charge in [0.25, 0.3) is 5.91 Å². The summed E-state index contributed by atoms with van der Waals surface area (Å²) in [5.74, 6) is -0.277. The Morgan fingerprint density at radius 3 is 2.29 bits per heavy atom. The van der Waals surface area contributed by atoms with Gasteiger partial charge < -0.3 is 5.32 Å². The smallest absolute Gasteiger partial charge is 0.319 e. The maximum Gasteiger partial charge on any atom is 0.325 e. The minimum absolute atomic E-state index is 0.178. The van der Waals surface area contributed by atoms with Crippen molar-refractivity contribution in [1.82, 2.24) is 10.2 Å². The van der Waals surface area contributed by atoms with Gasteiger partial charge in [-0.1, -0.05) is 42.0 Å². The quantitative estimate of drug-likeness (QED) is 0.884. The fraction of sp³-hybridized carbons (Fsp3) is 0.211. The molecule has 0 saturated carbocycles. The number of aryl methyl sites for hydroxylation is 1. The highest BCUT2D eigenvalue weighted by atomic mass is 16.2. The molecule has 3 amide bonds. The van der Waals surface area contributed by atoms with Gasteiger partial charge in [-0.2, -0.15) is 5.26 Å². The minimum Gasteiger partial charge on any atom is -0.319 e. The van der Waals surface area contributed by atoms with Gasteiger partial charge in [-0.15, -0.1) is 0 Å². The summed E-state index contributed by atoms with van der Waals surface area (Å²) in [5.41, 5.74) is 2.13. The minimum atomic E-state index is -1.06. The van der Waals surface area contributed by atoms with E-state index in [1.165, 1.54) is 4.90 Å². The van der Waals surface area contributed by atoms with Crippen molar-refractivity contribution in [2.45, 2.75) is 25.9 Å². The second-order valence-electron chi connectivity index (χ2n) is 6.12. The Balaban J connectivity index is 1.85. The molecule has 1 aliphatic rings. The lowest BCUT2D eigenvalue weighted by molar-refractivity contribution is -0.131. The zero-order valence-electron chi connectivity index (χ0n) is 13.5. The molecule has 1 aliphatic heterocycles. The van der Waals surface area contributed by atoms with Gasteiger partial charge >= 0.3 is 6.03 Å². The molecule has 24 heavy (non-hydrogen) atoms. The standard InChI is InChI=1S/C19H17N3O2/c1-13-3-9-16(10-4-13)19(2)17(23)22(18(24)21-19)12-15-7-5-14(11-20)6-8-15/h3-10H,12H2,1-2H3,(H,21,24)/t19-/m1/s1. The number of amides is 3. The first-order chi connectivity index (χ1) is 11.4. The molecule has 5 nitrogen and oxygen atoms in total. The summed E-state index contributed by atoms with van der Waals surface area (Å²) in [6.07, 6.45) is 0.